The van der Waals surface area contributed by atoms with Gasteiger partial charge in [0.15, 0.2) is 0 Å². The van der Waals surface area contributed by atoms with Gasteiger partial charge in [-0.05, 0) is 55.4 Å². The zero-order chi connectivity index (χ0) is 22.0. The summed E-state index contributed by atoms with van der Waals surface area (Å²) < 4.78 is 5.11. The van der Waals surface area contributed by atoms with E-state index in [1.807, 2.05) is 12.1 Å². The van der Waals surface area contributed by atoms with Gasteiger partial charge in [0.05, 0.1) is 23.9 Å². The number of piperidine rings is 1. The third-order valence-electron chi connectivity index (χ3n) is 6.06. The molecule has 0 spiro atoms. The van der Waals surface area contributed by atoms with E-state index >= 15 is 0 Å². The molecule has 2 amide bonds. The lowest BCUT2D eigenvalue weighted by Crippen LogP contribution is -2.47. The molecule has 1 aromatic carbocycles. The molecule has 1 aliphatic carbocycles. The van der Waals surface area contributed by atoms with Crippen LogP contribution in [0.25, 0.3) is 10.4 Å². The van der Waals surface area contributed by atoms with Crippen LogP contribution in [0.5, 0.6) is 0 Å². The van der Waals surface area contributed by atoms with Crippen LogP contribution in [0.2, 0.25) is 0 Å². The van der Waals surface area contributed by atoms with E-state index in [1.165, 1.54) is 37.8 Å². The molecule has 2 aliphatic rings. The van der Waals surface area contributed by atoms with Crippen LogP contribution in [0.4, 0.5) is 0 Å². The summed E-state index contributed by atoms with van der Waals surface area (Å²) in [5, 5.41) is 0. The number of esters is 1. The number of fused-ring (bicyclic) bond motifs is 3. The van der Waals surface area contributed by atoms with Crippen LogP contribution in [0.3, 0.4) is 0 Å². The molecular weight excluding hydrogens is 412 g/mol. The minimum Gasteiger partial charge on any atom is -0.466 e. The zero-order valence-electron chi connectivity index (χ0n) is 18.1. The summed E-state index contributed by atoms with van der Waals surface area (Å²) in [6, 6.07) is 10.3. The number of hydrogen-bond acceptors (Lipinski definition) is 5. The largest absolute Gasteiger partial charge is 0.466 e. The maximum Gasteiger partial charge on any atom is 0.310 e. The van der Waals surface area contributed by atoms with E-state index in [0.29, 0.717) is 24.6 Å². The molecule has 2 aromatic rings. The van der Waals surface area contributed by atoms with Crippen molar-refractivity contribution in [2.24, 2.45) is 5.92 Å². The molecule has 1 fully saturated rings. The van der Waals surface area contributed by atoms with Crippen molar-refractivity contribution in [1.82, 2.24) is 9.80 Å². The maximum absolute atomic E-state index is 13.0. The lowest BCUT2D eigenvalue weighted by Gasteiger charge is -2.32. The van der Waals surface area contributed by atoms with Gasteiger partial charge in [-0.2, -0.15) is 0 Å². The van der Waals surface area contributed by atoms with Gasteiger partial charge in [-0.3, -0.25) is 14.4 Å². The van der Waals surface area contributed by atoms with Crippen molar-refractivity contribution in [3.05, 3.63) is 46.3 Å². The fourth-order valence-corrected chi connectivity index (χ4v) is 5.66. The molecular formula is C24H28N2O4S. The average Bonchev–Trinajstić information content (AvgIpc) is 3.23. The molecule has 7 heteroatoms. The minimum atomic E-state index is -0.275. The van der Waals surface area contributed by atoms with Gasteiger partial charge in [0.25, 0.3) is 5.91 Å². The Kier molecular flexibility index (Phi) is 6.41. The van der Waals surface area contributed by atoms with Crippen molar-refractivity contribution >= 4 is 29.1 Å². The Balaban J connectivity index is 1.41. The Morgan fingerprint density at radius 3 is 2.77 bits per heavy atom. The van der Waals surface area contributed by atoms with Gasteiger partial charge in [-0.15, -0.1) is 11.3 Å². The Hall–Kier alpha value is -2.67. The van der Waals surface area contributed by atoms with Gasteiger partial charge in [-0.1, -0.05) is 24.3 Å². The van der Waals surface area contributed by atoms with Crippen LogP contribution in [0, 0.1) is 5.92 Å². The Labute approximate surface area is 186 Å². The Morgan fingerprint density at radius 2 is 1.97 bits per heavy atom. The van der Waals surface area contributed by atoms with Crippen LogP contribution in [0.15, 0.2) is 30.3 Å². The molecule has 4 rings (SSSR count). The number of thiophene rings is 1. The molecule has 164 valence electrons. The highest BCUT2D eigenvalue weighted by Gasteiger charge is 2.30. The molecule has 1 unspecified atom stereocenters. The van der Waals surface area contributed by atoms with Crippen molar-refractivity contribution in [2.45, 2.75) is 32.6 Å². The first-order chi connectivity index (χ1) is 15.0. The average molecular weight is 441 g/mol. The molecule has 1 aromatic heterocycles. The maximum atomic E-state index is 13.0. The van der Waals surface area contributed by atoms with E-state index < -0.39 is 0 Å². The summed E-state index contributed by atoms with van der Waals surface area (Å²) in [5.41, 5.74) is 3.74. The number of ether oxygens (including phenoxy) is 1. The summed E-state index contributed by atoms with van der Waals surface area (Å²) in [5.74, 6) is -0.780. The second-order valence-corrected chi connectivity index (χ2v) is 9.27. The van der Waals surface area contributed by atoms with Gasteiger partial charge >= 0.3 is 5.97 Å². The van der Waals surface area contributed by atoms with E-state index in [9.17, 15) is 14.4 Å². The van der Waals surface area contributed by atoms with Crippen LogP contribution < -0.4 is 0 Å². The molecule has 6 nitrogen and oxygen atoms in total. The van der Waals surface area contributed by atoms with Gasteiger partial charge in [0, 0.05) is 25.0 Å². The second-order valence-electron chi connectivity index (χ2n) is 8.21. The van der Waals surface area contributed by atoms with E-state index in [2.05, 4.69) is 18.2 Å². The normalized spacial score (nSPS) is 17.5. The number of benzene rings is 1. The first-order valence-corrected chi connectivity index (χ1v) is 11.7. The smallest absolute Gasteiger partial charge is 0.310 e. The van der Waals surface area contributed by atoms with Gasteiger partial charge in [0.2, 0.25) is 5.91 Å². The first kappa shape index (κ1) is 21.6. The fourth-order valence-electron chi connectivity index (χ4n) is 4.40. The van der Waals surface area contributed by atoms with Gasteiger partial charge in [0.1, 0.15) is 0 Å². The Bertz CT molecular complexity index is 999. The molecule has 0 bridgehead atoms. The number of likely N-dealkylation sites (N-methyl/N-ethyl adjacent to an activating group) is 1. The van der Waals surface area contributed by atoms with Crippen molar-refractivity contribution in [2.75, 3.05) is 33.3 Å². The SMILES string of the molecule is CCOC(=O)C1CCCN(C(=O)CN(C)C(=O)c2cc3c(s2)-c2ccccc2CC3)C1. The predicted octanol–water partition coefficient (Wildman–Crippen LogP) is 3.39. The number of rotatable bonds is 5. The fraction of sp³-hybridized carbons (Fsp3) is 0.458. The van der Waals surface area contributed by atoms with E-state index in [-0.39, 0.29) is 30.2 Å². The standard InChI is InChI=1S/C24H28N2O4S/c1-3-30-24(29)18-8-6-12-26(14-18)21(27)15-25(2)23(28)20-13-17-11-10-16-7-4-5-9-19(16)22(17)31-20/h4-5,7,9,13,18H,3,6,8,10-12,14-15H2,1-2H3. The number of hydrogen-bond donors (Lipinski definition) is 0. The highest BCUT2D eigenvalue weighted by molar-refractivity contribution is 7.17. The number of likely N-dealkylation sites (tertiary alicyclic amines) is 1. The van der Waals surface area contributed by atoms with E-state index in [0.717, 1.165) is 25.7 Å². The molecule has 1 saturated heterocycles. The summed E-state index contributed by atoms with van der Waals surface area (Å²) in [6.07, 6.45) is 3.42. The van der Waals surface area contributed by atoms with Crippen LogP contribution in [-0.2, 0) is 27.2 Å². The molecule has 0 saturated carbocycles. The molecule has 1 aliphatic heterocycles. The Morgan fingerprint density at radius 1 is 1.19 bits per heavy atom. The third kappa shape index (κ3) is 4.51. The van der Waals surface area contributed by atoms with Crippen LogP contribution in [0.1, 0.15) is 40.6 Å². The van der Waals surface area contributed by atoms with E-state index in [1.54, 1.807) is 18.9 Å². The monoisotopic (exact) mass is 440 g/mol. The number of carbonyl (C=O) groups excluding carboxylic acids is 3. The lowest BCUT2D eigenvalue weighted by atomic mass is 9.91. The molecule has 0 N–H and O–H groups in total. The summed E-state index contributed by atoms with van der Waals surface area (Å²) in [7, 11) is 1.67. The summed E-state index contributed by atoms with van der Waals surface area (Å²) in [6.45, 7) is 3.11. The van der Waals surface area contributed by atoms with Crippen molar-refractivity contribution in [1.29, 1.82) is 0 Å². The number of aryl methyl sites for hydroxylation is 2. The lowest BCUT2D eigenvalue weighted by molar-refractivity contribution is -0.151. The first-order valence-electron chi connectivity index (χ1n) is 10.9. The zero-order valence-corrected chi connectivity index (χ0v) is 18.9. The topological polar surface area (TPSA) is 66.9 Å². The number of carbonyl (C=O) groups is 3. The van der Waals surface area contributed by atoms with Crippen LogP contribution in [-0.4, -0.2) is 60.9 Å². The highest BCUT2D eigenvalue weighted by atomic mass is 32.1. The van der Waals surface area contributed by atoms with E-state index in [4.69, 9.17) is 4.74 Å². The third-order valence-corrected chi connectivity index (χ3v) is 7.26. The van der Waals surface area contributed by atoms with Crippen molar-refractivity contribution in [3.63, 3.8) is 0 Å². The number of amides is 2. The summed E-state index contributed by atoms with van der Waals surface area (Å²) >= 11 is 1.51. The quantitative estimate of drug-likeness (QED) is 0.669. The van der Waals surface area contributed by atoms with Crippen molar-refractivity contribution < 1.29 is 19.1 Å². The highest BCUT2D eigenvalue weighted by Crippen LogP contribution is 2.39. The second kappa shape index (κ2) is 9.22. The molecule has 31 heavy (non-hydrogen) atoms. The van der Waals surface area contributed by atoms with Gasteiger partial charge in [-0.25, -0.2) is 0 Å². The summed E-state index contributed by atoms with van der Waals surface area (Å²) in [4.78, 5) is 42.9. The predicted molar refractivity (Wildman–Crippen MR) is 120 cm³/mol. The van der Waals surface area contributed by atoms with Crippen LogP contribution >= 0.6 is 11.3 Å². The molecule has 2 heterocycles. The minimum absolute atomic E-state index is 0.00747. The molecule has 1 atom stereocenters. The van der Waals surface area contributed by atoms with Gasteiger partial charge < -0.3 is 14.5 Å². The van der Waals surface area contributed by atoms with Crippen molar-refractivity contribution in [3.8, 4) is 10.4 Å². The molecule has 0 radical (unpaired) electrons. The number of nitrogens with zero attached hydrogens (tertiary/aromatic N) is 2.